The summed E-state index contributed by atoms with van der Waals surface area (Å²) in [4.78, 5) is 0. The van der Waals surface area contributed by atoms with Gasteiger partial charge in [0.05, 0.1) is 6.61 Å². The van der Waals surface area contributed by atoms with E-state index in [0.29, 0.717) is 5.92 Å². The summed E-state index contributed by atoms with van der Waals surface area (Å²) in [5.41, 5.74) is 0. The minimum absolute atomic E-state index is 0.00836. The van der Waals surface area contributed by atoms with E-state index in [9.17, 15) is 17.6 Å². The Morgan fingerprint density at radius 1 is 1.28 bits per heavy atom. The Labute approximate surface area is 105 Å². The third-order valence-corrected chi connectivity index (χ3v) is 3.35. The fourth-order valence-electron chi connectivity index (χ4n) is 2.37. The average Bonchev–Trinajstić information content (AvgIpc) is 2.80. The van der Waals surface area contributed by atoms with Gasteiger partial charge in [0, 0.05) is 6.04 Å². The standard InChI is InChI=1S/C12H21F4NO/c1-2-17-10(9-5-3-4-6-9)7-18-8-12(15,16)11(13)14/h9-11,17H,2-8H2,1H3. The second kappa shape index (κ2) is 7.28. The molecule has 0 heterocycles. The van der Waals surface area contributed by atoms with Gasteiger partial charge in [0.2, 0.25) is 0 Å². The first-order chi connectivity index (χ1) is 8.47. The highest BCUT2D eigenvalue weighted by Crippen LogP contribution is 2.28. The zero-order chi connectivity index (χ0) is 13.6. The van der Waals surface area contributed by atoms with Crippen molar-refractivity contribution in [3.05, 3.63) is 0 Å². The summed E-state index contributed by atoms with van der Waals surface area (Å²) in [6, 6.07) is -0.00836. The SMILES string of the molecule is CCNC(COCC(F)(F)C(F)F)C1CCCC1. The van der Waals surface area contributed by atoms with E-state index in [2.05, 4.69) is 5.32 Å². The summed E-state index contributed by atoms with van der Waals surface area (Å²) in [7, 11) is 0. The van der Waals surface area contributed by atoms with Gasteiger partial charge in [-0.05, 0) is 25.3 Å². The molecule has 0 aromatic heterocycles. The molecule has 2 nitrogen and oxygen atoms in total. The van der Waals surface area contributed by atoms with E-state index in [1.54, 1.807) is 0 Å². The van der Waals surface area contributed by atoms with Gasteiger partial charge in [0.25, 0.3) is 0 Å². The molecule has 0 saturated heterocycles. The molecular weight excluding hydrogens is 250 g/mol. The van der Waals surface area contributed by atoms with Crippen molar-refractivity contribution < 1.29 is 22.3 Å². The molecule has 108 valence electrons. The average molecular weight is 271 g/mol. The van der Waals surface area contributed by atoms with Crippen molar-refractivity contribution >= 4 is 0 Å². The second-order valence-corrected chi connectivity index (χ2v) is 4.79. The summed E-state index contributed by atoms with van der Waals surface area (Å²) in [5.74, 6) is -3.64. The summed E-state index contributed by atoms with van der Waals surface area (Å²) in [5, 5.41) is 3.18. The van der Waals surface area contributed by atoms with Crippen molar-refractivity contribution in [2.24, 2.45) is 5.92 Å². The van der Waals surface area contributed by atoms with E-state index in [4.69, 9.17) is 4.74 Å². The van der Waals surface area contributed by atoms with Gasteiger partial charge in [0.1, 0.15) is 6.61 Å². The molecule has 6 heteroatoms. The van der Waals surface area contributed by atoms with Crippen LogP contribution in [0.2, 0.25) is 0 Å². The molecule has 0 bridgehead atoms. The van der Waals surface area contributed by atoms with Gasteiger partial charge in [-0.15, -0.1) is 0 Å². The largest absolute Gasteiger partial charge is 0.373 e. The van der Waals surface area contributed by atoms with Crippen LogP contribution in [-0.2, 0) is 4.74 Å². The molecule has 1 unspecified atom stereocenters. The number of alkyl halides is 4. The summed E-state index contributed by atoms with van der Waals surface area (Å²) < 4.78 is 54.0. The first-order valence-electron chi connectivity index (χ1n) is 6.44. The number of nitrogens with one attached hydrogen (secondary N) is 1. The van der Waals surface area contributed by atoms with Crippen molar-refractivity contribution in [1.82, 2.24) is 5.32 Å². The Morgan fingerprint density at radius 3 is 2.39 bits per heavy atom. The van der Waals surface area contributed by atoms with Crippen molar-refractivity contribution in [2.75, 3.05) is 19.8 Å². The predicted molar refractivity (Wildman–Crippen MR) is 61.2 cm³/mol. The lowest BCUT2D eigenvalue weighted by Gasteiger charge is -2.25. The third-order valence-electron chi connectivity index (χ3n) is 3.35. The lowest BCUT2D eigenvalue weighted by Crippen LogP contribution is -2.41. The highest BCUT2D eigenvalue weighted by molar-refractivity contribution is 4.80. The maximum absolute atomic E-state index is 12.7. The topological polar surface area (TPSA) is 21.3 Å². The lowest BCUT2D eigenvalue weighted by molar-refractivity contribution is -0.167. The number of rotatable bonds is 8. The first-order valence-corrected chi connectivity index (χ1v) is 6.44. The number of likely N-dealkylation sites (N-methyl/N-ethyl adjacent to an activating group) is 1. The van der Waals surface area contributed by atoms with Crippen LogP contribution >= 0.6 is 0 Å². The Morgan fingerprint density at radius 2 is 1.89 bits per heavy atom. The van der Waals surface area contributed by atoms with Gasteiger partial charge in [-0.2, -0.15) is 8.78 Å². The van der Waals surface area contributed by atoms with E-state index < -0.39 is 19.0 Å². The van der Waals surface area contributed by atoms with E-state index in [-0.39, 0.29) is 12.6 Å². The van der Waals surface area contributed by atoms with E-state index in [1.807, 2.05) is 6.92 Å². The molecule has 1 fully saturated rings. The maximum atomic E-state index is 12.7. The van der Waals surface area contributed by atoms with E-state index in [0.717, 1.165) is 32.2 Å². The molecule has 0 spiro atoms. The van der Waals surface area contributed by atoms with Crippen LogP contribution in [-0.4, -0.2) is 38.1 Å². The summed E-state index contributed by atoms with van der Waals surface area (Å²) in [6.07, 6.45) is 0.708. The van der Waals surface area contributed by atoms with Crippen molar-refractivity contribution in [1.29, 1.82) is 0 Å². The minimum Gasteiger partial charge on any atom is -0.373 e. The highest BCUT2D eigenvalue weighted by Gasteiger charge is 2.41. The van der Waals surface area contributed by atoms with Gasteiger partial charge in [0.15, 0.2) is 0 Å². The Hall–Kier alpha value is -0.360. The minimum atomic E-state index is -4.05. The number of hydrogen-bond acceptors (Lipinski definition) is 2. The fraction of sp³-hybridized carbons (Fsp3) is 1.00. The van der Waals surface area contributed by atoms with Crippen LogP contribution in [0.3, 0.4) is 0 Å². The number of ether oxygens (including phenoxy) is 1. The molecule has 0 aromatic rings. The van der Waals surface area contributed by atoms with Gasteiger partial charge in [-0.1, -0.05) is 19.8 Å². The van der Waals surface area contributed by atoms with Crippen LogP contribution < -0.4 is 5.32 Å². The zero-order valence-corrected chi connectivity index (χ0v) is 10.6. The van der Waals surface area contributed by atoms with Gasteiger partial charge in [-0.25, -0.2) is 8.78 Å². The highest BCUT2D eigenvalue weighted by atomic mass is 19.3. The van der Waals surface area contributed by atoms with E-state index >= 15 is 0 Å². The molecule has 1 atom stereocenters. The molecule has 1 N–H and O–H groups in total. The lowest BCUT2D eigenvalue weighted by atomic mass is 9.99. The molecule has 0 radical (unpaired) electrons. The van der Waals surface area contributed by atoms with Crippen molar-refractivity contribution in [2.45, 2.75) is 51.0 Å². The maximum Gasteiger partial charge on any atom is 0.330 e. The van der Waals surface area contributed by atoms with Gasteiger partial charge >= 0.3 is 12.3 Å². The number of hydrogen-bond donors (Lipinski definition) is 1. The third kappa shape index (κ3) is 4.72. The Bertz CT molecular complexity index is 232. The van der Waals surface area contributed by atoms with Crippen LogP contribution in [0.5, 0.6) is 0 Å². The predicted octanol–water partition coefficient (Wildman–Crippen LogP) is 3.07. The fourth-order valence-corrected chi connectivity index (χ4v) is 2.37. The first kappa shape index (κ1) is 15.7. The monoisotopic (exact) mass is 271 g/mol. The molecule has 1 aliphatic rings. The van der Waals surface area contributed by atoms with Crippen LogP contribution in [0.1, 0.15) is 32.6 Å². The quantitative estimate of drug-likeness (QED) is 0.685. The molecule has 0 aromatic carbocycles. The Kier molecular flexibility index (Phi) is 6.35. The molecule has 1 rings (SSSR count). The molecule has 0 aliphatic heterocycles. The van der Waals surface area contributed by atoms with Crippen LogP contribution in [0.25, 0.3) is 0 Å². The van der Waals surface area contributed by atoms with Crippen molar-refractivity contribution in [3.8, 4) is 0 Å². The zero-order valence-electron chi connectivity index (χ0n) is 10.6. The molecular formula is C12H21F4NO. The summed E-state index contributed by atoms with van der Waals surface area (Å²) in [6.45, 7) is 1.51. The number of halogens is 4. The smallest absolute Gasteiger partial charge is 0.330 e. The van der Waals surface area contributed by atoms with E-state index in [1.165, 1.54) is 0 Å². The van der Waals surface area contributed by atoms with Crippen molar-refractivity contribution in [3.63, 3.8) is 0 Å². The molecule has 1 aliphatic carbocycles. The van der Waals surface area contributed by atoms with Crippen LogP contribution in [0.15, 0.2) is 0 Å². The van der Waals surface area contributed by atoms with Crippen LogP contribution in [0.4, 0.5) is 17.6 Å². The van der Waals surface area contributed by atoms with Crippen LogP contribution in [0, 0.1) is 5.92 Å². The second-order valence-electron chi connectivity index (χ2n) is 4.79. The normalized spacial score (nSPS) is 19.7. The Balaban J connectivity index is 2.33. The molecule has 1 saturated carbocycles. The molecule has 18 heavy (non-hydrogen) atoms. The summed E-state index contributed by atoms with van der Waals surface area (Å²) >= 11 is 0. The van der Waals surface area contributed by atoms with Gasteiger partial charge in [-0.3, -0.25) is 0 Å². The van der Waals surface area contributed by atoms with Gasteiger partial charge < -0.3 is 10.1 Å². The molecule has 0 amide bonds.